The summed E-state index contributed by atoms with van der Waals surface area (Å²) >= 11 is 0. The number of hydrogen-bond donors (Lipinski definition) is 1. The van der Waals surface area contributed by atoms with Gasteiger partial charge in [0.15, 0.2) is 0 Å². The topological polar surface area (TPSA) is 29.9 Å². The van der Waals surface area contributed by atoms with Crippen molar-refractivity contribution in [2.45, 2.75) is 40.7 Å². The van der Waals surface area contributed by atoms with Crippen LogP contribution in [0.25, 0.3) is 0 Å². The number of aryl methyl sites for hydroxylation is 4. The zero-order chi connectivity index (χ0) is 14.2. The Labute approximate surface area is 115 Å². The van der Waals surface area contributed by atoms with Gasteiger partial charge in [-0.3, -0.25) is 4.68 Å². The van der Waals surface area contributed by atoms with Crippen molar-refractivity contribution in [1.82, 2.24) is 9.78 Å². The number of hydrogen-bond acceptors (Lipinski definition) is 2. The van der Waals surface area contributed by atoms with Gasteiger partial charge in [0.25, 0.3) is 0 Å². The number of nitrogens with one attached hydrogen (secondary N) is 1. The minimum absolute atomic E-state index is 0.280. The molecular weight excluding hydrogens is 234 g/mol. The Kier molecular flexibility index (Phi) is 3.65. The molecule has 1 aromatic carbocycles. The first kappa shape index (κ1) is 13.7. The number of benzene rings is 1. The van der Waals surface area contributed by atoms with E-state index in [1.54, 1.807) is 0 Å². The van der Waals surface area contributed by atoms with Crippen LogP contribution in [0.3, 0.4) is 0 Å². The first-order valence-electron chi connectivity index (χ1n) is 6.74. The normalized spacial score (nSPS) is 12.5. The molecule has 0 spiro atoms. The third kappa shape index (κ3) is 2.65. The molecule has 1 aromatic heterocycles. The quantitative estimate of drug-likeness (QED) is 0.905. The van der Waals surface area contributed by atoms with Gasteiger partial charge in [-0.1, -0.05) is 23.8 Å². The van der Waals surface area contributed by atoms with E-state index in [2.05, 4.69) is 56.3 Å². The van der Waals surface area contributed by atoms with Crippen molar-refractivity contribution in [3.8, 4) is 0 Å². The van der Waals surface area contributed by atoms with Gasteiger partial charge in [0.2, 0.25) is 0 Å². The fraction of sp³-hybridized carbons (Fsp3) is 0.438. The predicted molar refractivity (Wildman–Crippen MR) is 80.6 cm³/mol. The van der Waals surface area contributed by atoms with E-state index in [0.29, 0.717) is 0 Å². The van der Waals surface area contributed by atoms with Gasteiger partial charge in [-0.15, -0.1) is 0 Å². The zero-order valence-electron chi connectivity index (χ0n) is 12.7. The lowest BCUT2D eigenvalue weighted by atomic mass is 10.00. The van der Waals surface area contributed by atoms with Crippen LogP contribution in [-0.4, -0.2) is 9.78 Å². The number of rotatable bonds is 3. The summed E-state index contributed by atoms with van der Waals surface area (Å²) in [6.45, 7) is 10.6. The summed E-state index contributed by atoms with van der Waals surface area (Å²) in [4.78, 5) is 0. The Morgan fingerprint density at radius 3 is 2.37 bits per heavy atom. The summed E-state index contributed by atoms with van der Waals surface area (Å²) in [5.74, 6) is 0. The molecule has 19 heavy (non-hydrogen) atoms. The van der Waals surface area contributed by atoms with Crippen molar-refractivity contribution in [3.05, 3.63) is 46.3 Å². The molecule has 2 rings (SSSR count). The van der Waals surface area contributed by atoms with Crippen molar-refractivity contribution in [3.63, 3.8) is 0 Å². The highest BCUT2D eigenvalue weighted by molar-refractivity contribution is 5.54. The molecule has 0 saturated carbocycles. The SMILES string of the molecule is Cc1ccc(C(C)Nc2c(C)nn(C)c2C)c(C)c1. The fourth-order valence-electron chi connectivity index (χ4n) is 2.59. The molecule has 0 aliphatic carbocycles. The van der Waals surface area contributed by atoms with Crippen molar-refractivity contribution < 1.29 is 0 Å². The van der Waals surface area contributed by atoms with Gasteiger partial charge in [-0.05, 0) is 45.7 Å². The van der Waals surface area contributed by atoms with Crippen molar-refractivity contribution >= 4 is 5.69 Å². The van der Waals surface area contributed by atoms with E-state index in [1.165, 1.54) is 22.4 Å². The first-order chi connectivity index (χ1) is 8.90. The summed E-state index contributed by atoms with van der Waals surface area (Å²) in [6, 6.07) is 6.89. The van der Waals surface area contributed by atoms with Crippen molar-refractivity contribution in [2.24, 2.45) is 7.05 Å². The lowest BCUT2D eigenvalue weighted by Crippen LogP contribution is -2.09. The summed E-state index contributed by atoms with van der Waals surface area (Å²) in [6.07, 6.45) is 0. The Balaban J connectivity index is 2.28. The van der Waals surface area contributed by atoms with Crippen LogP contribution < -0.4 is 5.32 Å². The first-order valence-corrected chi connectivity index (χ1v) is 6.74. The van der Waals surface area contributed by atoms with E-state index < -0.39 is 0 Å². The zero-order valence-corrected chi connectivity index (χ0v) is 12.7. The molecule has 2 aromatic rings. The molecule has 0 aliphatic rings. The number of aromatic nitrogens is 2. The van der Waals surface area contributed by atoms with Gasteiger partial charge >= 0.3 is 0 Å². The van der Waals surface area contributed by atoms with Gasteiger partial charge < -0.3 is 5.32 Å². The van der Waals surface area contributed by atoms with Crippen LogP contribution in [0.15, 0.2) is 18.2 Å². The van der Waals surface area contributed by atoms with Gasteiger partial charge in [0.05, 0.1) is 17.1 Å². The molecule has 0 radical (unpaired) electrons. The average molecular weight is 257 g/mol. The number of nitrogens with zero attached hydrogens (tertiary/aromatic N) is 2. The molecule has 102 valence electrons. The molecule has 0 bridgehead atoms. The molecule has 3 nitrogen and oxygen atoms in total. The Hall–Kier alpha value is -1.77. The third-order valence-electron chi connectivity index (χ3n) is 3.76. The van der Waals surface area contributed by atoms with Crippen LogP contribution in [0.1, 0.15) is 41.0 Å². The minimum atomic E-state index is 0.280. The van der Waals surface area contributed by atoms with Gasteiger partial charge in [-0.25, -0.2) is 0 Å². The molecule has 0 saturated heterocycles. The molecule has 1 heterocycles. The van der Waals surface area contributed by atoms with Crippen molar-refractivity contribution in [1.29, 1.82) is 0 Å². The van der Waals surface area contributed by atoms with E-state index in [0.717, 1.165) is 11.4 Å². The molecular formula is C16H23N3. The summed E-state index contributed by atoms with van der Waals surface area (Å²) in [5, 5.41) is 8.04. The maximum atomic E-state index is 4.45. The lowest BCUT2D eigenvalue weighted by Gasteiger charge is -2.18. The molecule has 1 unspecified atom stereocenters. The Bertz CT molecular complexity index is 596. The van der Waals surface area contributed by atoms with Crippen molar-refractivity contribution in [2.75, 3.05) is 5.32 Å². The molecule has 0 amide bonds. The second-order valence-electron chi connectivity index (χ2n) is 5.40. The molecule has 1 N–H and O–H groups in total. The molecule has 3 heteroatoms. The molecule has 1 atom stereocenters. The summed E-state index contributed by atoms with van der Waals surface area (Å²) in [7, 11) is 1.98. The summed E-state index contributed by atoms with van der Waals surface area (Å²) in [5.41, 5.74) is 7.36. The van der Waals surface area contributed by atoms with Crippen LogP contribution in [0, 0.1) is 27.7 Å². The highest BCUT2D eigenvalue weighted by Crippen LogP contribution is 2.26. The lowest BCUT2D eigenvalue weighted by molar-refractivity contribution is 0.731. The van der Waals surface area contributed by atoms with E-state index in [9.17, 15) is 0 Å². The molecule has 0 fully saturated rings. The standard InChI is InChI=1S/C16H23N3/c1-10-7-8-15(11(2)9-10)12(3)17-16-13(4)18-19(6)14(16)5/h7-9,12,17H,1-6H3. The van der Waals surface area contributed by atoms with Crippen LogP contribution in [-0.2, 0) is 7.05 Å². The van der Waals surface area contributed by atoms with Gasteiger partial charge in [0.1, 0.15) is 0 Å². The monoisotopic (exact) mass is 257 g/mol. The maximum absolute atomic E-state index is 4.45. The van der Waals surface area contributed by atoms with Gasteiger partial charge in [-0.2, -0.15) is 5.10 Å². The summed E-state index contributed by atoms with van der Waals surface area (Å²) < 4.78 is 1.92. The smallest absolute Gasteiger partial charge is 0.0828 e. The fourth-order valence-corrected chi connectivity index (χ4v) is 2.59. The van der Waals surface area contributed by atoms with Crippen LogP contribution >= 0.6 is 0 Å². The van der Waals surface area contributed by atoms with Crippen LogP contribution in [0.2, 0.25) is 0 Å². The van der Waals surface area contributed by atoms with E-state index in [4.69, 9.17) is 0 Å². The largest absolute Gasteiger partial charge is 0.376 e. The third-order valence-corrected chi connectivity index (χ3v) is 3.76. The Morgan fingerprint density at radius 2 is 1.84 bits per heavy atom. The average Bonchev–Trinajstić information content (AvgIpc) is 2.56. The van der Waals surface area contributed by atoms with Crippen LogP contribution in [0.4, 0.5) is 5.69 Å². The van der Waals surface area contributed by atoms with Gasteiger partial charge in [0, 0.05) is 13.1 Å². The second-order valence-corrected chi connectivity index (χ2v) is 5.40. The second kappa shape index (κ2) is 5.08. The molecule has 0 aliphatic heterocycles. The number of anilines is 1. The van der Waals surface area contributed by atoms with E-state index >= 15 is 0 Å². The maximum Gasteiger partial charge on any atom is 0.0828 e. The Morgan fingerprint density at radius 1 is 1.16 bits per heavy atom. The highest BCUT2D eigenvalue weighted by Gasteiger charge is 2.14. The predicted octanol–water partition coefficient (Wildman–Crippen LogP) is 3.83. The highest BCUT2D eigenvalue weighted by atomic mass is 15.3. The van der Waals surface area contributed by atoms with Crippen LogP contribution in [0.5, 0.6) is 0 Å². The van der Waals surface area contributed by atoms with E-state index in [1.807, 2.05) is 18.7 Å². The van der Waals surface area contributed by atoms with E-state index in [-0.39, 0.29) is 6.04 Å². The minimum Gasteiger partial charge on any atom is -0.376 e.